The van der Waals surface area contributed by atoms with Gasteiger partial charge in [-0.05, 0) is 43.7 Å². The Morgan fingerprint density at radius 3 is 2.70 bits per heavy atom. The molecule has 1 aliphatic rings. The van der Waals surface area contributed by atoms with Crippen molar-refractivity contribution < 1.29 is 14.3 Å². The van der Waals surface area contributed by atoms with Crippen LogP contribution in [0.4, 0.5) is 11.6 Å². The molecule has 3 atom stereocenters. The fraction of sp³-hybridized carbons (Fsp3) is 0.318. The molecule has 2 heterocycles. The van der Waals surface area contributed by atoms with Crippen LogP contribution in [0.1, 0.15) is 25.5 Å². The Morgan fingerprint density at radius 1 is 1.20 bits per heavy atom. The summed E-state index contributed by atoms with van der Waals surface area (Å²) in [7, 11) is 1.58. The van der Waals surface area contributed by atoms with Gasteiger partial charge in [-0.3, -0.25) is 4.79 Å². The molecule has 8 heteroatoms. The minimum atomic E-state index is -0.429. The number of carbonyl (C=O) groups excluding carboxylic acids is 1. The van der Waals surface area contributed by atoms with Crippen molar-refractivity contribution in [1.82, 2.24) is 14.8 Å². The zero-order valence-corrected chi connectivity index (χ0v) is 17.2. The van der Waals surface area contributed by atoms with E-state index in [9.17, 15) is 4.79 Å². The van der Waals surface area contributed by atoms with Gasteiger partial charge in [-0.2, -0.15) is 10.1 Å². The molecule has 0 fully saturated rings. The van der Waals surface area contributed by atoms with Crippen molar-refractivity contribution >= 4 is 17.5 Å². The summed E-state index contributed by atoms with van der Waals surface area (Å²) in [4.78, 5) is 17.7. The molecule has 1 aromatic heterocycles. The van der Waals surface area contributed by atoms with Crippen molar-refractivity contribution in [2.24, 2.45) is 5.92 Å². The van der Waals surface area contributed by atoms with Crippen molar-refractivity contribution in [1.29, 1.82) is 0 Å². The fourth-order valence-corrected chi connectivity index (χ4v) is 3.89. The predicted molar refractivity (Wildman–Crippen MR) is 114 cm³/mol. The molecule has 8 nitrogen and oxygen atoms in total. The Labute approximate surface area is 175 Å². The van der Waals surface area contributed by atoms with E-state index in [-0.39, 0.29) is 18.0 Å². The van der Waals surface area contributed by atoms with Crippen molar-refractivity contribution in [2.75, 3.05) is 24.4 Å². The highest BCUT2D eigenvalue weighted by Crippen LogP contribution is 2.37. The maximum atomic E-state index is 13.4. The first-order chi connectivity index (χ1) is 14.6. The molecule has 1 aliphatic heterocycles. The van der Waals surface area contributed by atoms with Gasteiger partial charge in [0.05, 0.1) is 31.4 Å². The fourth-order valence-electron chi connectivity index (χ4n) is 3.89. The Morgan fingerprint density at radius 2 is 1.97 bits per heavy atom. The number of amides is 1. The van der Waals surface area contributed by atoms with E-state index in [1.165, 1.54) is 6.33 Å². The van der Waals surface area contributed by atoms with E-state index in [0.717, 1.165) is 11.3 Å². The summed E-state index contributed by atoms with van der Waals surface area (Å²) in [5, 5.41) is 10.7. The second-order valence-electron chi connectivity index (χ2n) is 7.12. The minimum absolute atomic E-state index is 0.125. The molecule has 4 rings (SSSR count). The average Bonchev–Trinajstić information content (AvgIpc) is 3.22. The van der Waals surface area contributed by atoms with Gasteiger partial charge >= 0.3 is 0 Å². The van der Waals surface area contributed by atoms with Crippen LogP contribution < -0.4 is 20.1 Å². The van der Waals surface area contributed by atoms with E-state index < -0.39 is 5.92 Å². The van der Waals surface area contributed by atoms with E-state index in [4.69, 9.17) is 9.47 Å². The highest BCUT2D eigenvalue weighted by molar-refractivity contribution is 5.95. The quantitative estimate of drug-likeness (QED) is 0.651. The maximum Gasteiger partial charge on any atom is 0.232 e. The number of benzene rings is 2. The van der Waals surface area contributed by atoms with Crippen LogP contribution in [0.2, 0.25) is 0 Å². The molecule has 0 saturated carbocycles. The van der Waals surface area contributed by atoms with Gasteiger partial charge in [0.25, 0.3) is 0 Å². The zero-order chi connectivity index (χ0) is 21.1. The van der Waals surface area contributed by atoms with Crippen molar-refractivity contribution in [2.45, 2.75) is 25.9 Å². The van der Waals surface area contributed by atoms with Crippen LogP contribution in [0.15, 0.2) is 54.9 Å². The third-order valence-electron chi connectivity index (χ3n) is 5.27. The van der Waals surface area contributed by atoms with Gasteiger partial charge in [0.15, 0.2) is 0 Å². The first-order valence-corrected chi connectivity index (χ1v) is 9.95. The topological polar surface area (TPSA) is 90.3 Å². The van der Waals surface area contributed by atoms with E-state index in [1.807, 2.05) is 62.4 Å². The number of hydrogen-bond donors (Lipinski definition) is 2. The molecule has 2 aromatic carbocycles. The molecule has 0 unspecified atom stereocenters. The van der Waals surface area contributed by atoms with Crippen molar-refractivity contribution in [3.63, 3.8) is 0 Å². The first kappa shape index (κ1) is 19.8. The second kappa shape index (κ2) is 8.44. The van der Waals surface area contributed by atoms with Gasteiger partial charge in [-0.1, -0.05) is 24.3 Å². The molecule has 156 valence electrons. The zero-order valence-electron chi connectivity index (χ0n) is 17.2. The molecular weight excluding hydrogens is 382 g/mol. The summed E-state index contributed by atoms with van der Waals surface area (Å²) in [6.45, 7) is 4.52. The third kappa shape index (κ3) is 3.68. The molecule has 0 aliphatic carbocycles. The number of para-hydroxylation sites is 2. The number of methoxy groups -OCH3 is 1. The second-order valence-corrected chi connectivity index (χ2v) is 7.12. The van der Waals surface area contributed by atoms with Crippen LogP contribution in [-0.4, -0.2) is 40.4 Å². The van der Waals surface area contributed by atoms with Gasteiger partial charge in [0.2, 0.25) is 11.9 Å². The highest BCUT2D eigenvalue weighted by atomic mass is 16.5. The molecule has 2 N–H and O–H groups in total. The Kier molecular flexibility index (Phi) is 5.56. The molecule has 3 aromatic rings. The van der Waals surface area contributed by atoms with Crippen molar-refractivity contribution in [3.8, 4) is 11.5 Å². The monoisotopic (exact) mass is 407 g/mol. The molecule has 0 radical (unpaired) electrons. The third-order valence-corrected chi connectivity index (χ3v) is 5.27. The number of nitrogens with zero attached hydrogens (tertiary/aromatic N) is 3. The van der Waals surface area contributed by atoms with E-state index >= 15 is 0 Å². The smallest absolute Gasteiger partial charge is 0.232 e. The molecular formula is C22H25N5O3. The first-order valence-electron chi connectivity index (χ1n) is 9.95. The number of rotatable bonds is 6. The summed E-state index contributed by atoms with van der Waals surface area (Å²) in [6, 6.07) is 14.7. The van der Waals surface area contributed by atoms with Gasteiger partial charge in [0, 0.05) is 6.04 Å². The largest absolute Gasteiger partial charge is 0.495 e. The minimum Gasteiger partial charge on any atom is -0.495 e. The van der Waals surface area contributed by atoms with Crippen LogP contribution in [0, 0.1) is 5.92 Å². The van der Waals surface area contributed by atoms with E-state index in [2.05, 4.69) is 20.7 Å². The summed E-state index contributed by atoms with van der Waals surface area (Å²) in [5.74, 6) is 1.49. The van der Waals surface area contributed by atoms with Crippen LogP contribution in [-0.2, 0) is 4.79 Å². The Balaban J connectivity index is 1.69. The standard InChI is InChI=1S/C22H25N5O3/c1-4-30-16-11-9-15(10-12-16)20-19(14(2)25-22-23-13-24-27(20)22)21(28)26-17-7-5-6-8-18(17)29-3/h5-14,19-20H,4H2,1-3H3,(H,26,28)(H,23,24,25)/t14-,19+,20+/m0/s1. The number of fused-ring (bicyclic) bond motifs is 1. The SMILES string of the molecule is CCOc1ccc([C@@H]2[C@H](C(=O)Nc3ccccc3OC)[C@H](C)Nc3ncnn32)cc1. The molecule has 1 amide bonds. The van der Waals surface area contributed by atoms with Gasteiger partial charge in [0.1, 0.15) is 17.8 Å². The van der Waals surface area contributed by atoms with Crippen LogP contribution in [0.5, 0.6) is 11.5 Å². The van der Waals surface area contributed by atoms with E-state index in [1.54, 1.807) is 11.8 Å². The lowest BCUT2D eigenvalue weighted by Crippen LogP contribution is -2.46. The molecule has 0 saturated heterocycles. The molecule has 0 spiro atoms. The summed E-state index contributed by atoms with van der Waals surface area (Å²) in [6.07, 6.45) is 1.50. The predicted octanol–water partition coefficient (Wildman–Crippen LogP) is 3.34. The number of nitrogens with one attached hydrogen (secondary N) is 2. The Bertz CT molecular complexity index is 1020. The molecule has 30 heavy (non-hydrogen) atoms. The summed E-state index contributed by atoms with van der Waals surface area (Å²) in [5.41, 5.74) is 1.59. The highest BCUT2D eigenvalue weighted by Gasteiger charge is 2.41. The van der Waals surface area contributed by atoms with Gasteiger partial charge < -0.3 is 20.1 Å². The van der Waals surface area contributed by atoms with Crippen LogP contribution in [0.25, 0.3) is 0 Å². The maximum absolute atomic E-state index is 13.4. The number of hydrogen-bond acceptors (Lipinski definition) is 6. The summed E-state index contributed by atoms with van der Waals surface area (Å²) < 4.78 is 12.7. The molecule has 0 bridgehead atoms. The lowest BCUT2D eigenvalue weighted by atomic mass is 9.85. The van der Waals surface area contributed by atoms with Crippen LogP contribution >= 0.6 is 0 Å². The Hall–Kier alpha value is -3.55. The normalized spacial score (nSPS) is 20.0. The van der Waals surface area contributed by atoms with E-state index in [0.29, 0.717) is 24.0 Å². The number of carbonyl (C=O) groups is 1. The average molecular weight is 407 g/mol. The summed E-state index contributed by atoms with van der Waals surface area (Å²) >= 11 is 0. The lowest BCUT2D eigenvalue weighted by Gasteiger charge is -2.37. The van der Waals surface area contributed by atoms with Gasteiger partial charge in [-0.15, -0.1) is 0 Å². The number of anilines is 2. The number of ether oxygens (including phenoxy) is 2. The van der Waals surface area contributed by atoms with Crippen LogP contribution in [0.3, 0.4) is 0 Å². The number of aromatic nitrogens is 3. The lowest BCUT2D eigenvalue weighted by molar-refractivity contribution is -0.121. The van der Waals surface area contributed by atoms with Gasteiger partial charge in [-0.25, -0.2) is 4.68 Å². The van der Waals surface area contributed by atoms with Crippen molar-refractivity contribution in [3.05, 3.63) is 60.4 Å².